The lowest BCUT2D eigenvalue weighted by Gasteiger charge is -1.97. The summed E-state index contributed by atoms with van der Waals surface area (Å²) in [6.07, 6.45) is 2.70. The molecular weight excluding hydrogens is 78.0 g/mol. The van der Waals surface area contributed by atoms with E-state index in [2.05, 4.69) is 16.5 Å². The van der Waals surface area contributed by atoms with Gasteiger partial charge in [-0.15, -0.1) is 0 Å². The van der Waals surface area contributed by atoms with Gasteiger partial charge in [0.2, 0.25) is 0 Å². The Bertz CT molecular complexity index is 52.6. The summed E-state index contributed by atoms with van der Waals surface area (Å²) in [5.41, 5.74) is 0. The maximum atomic E-state index is 4.62. The molecule has 6 heavy (non-hydrogen) atoms. The Labute approximate surface area is 36.8 Å². The summed E-state index contributed by atoms with van der Waals surface area (Å²) in [7, 11) is 0. The molecule has 32 valence electrons. The van der Waals surface area contributed by atoms with Crippen molar-refractivity contribution >= 4 is 6.21 Å². The molecule has 0 unspecified atom stereocenters. The van der Waals surface area contributed by atoms with Gasteiger partial charge in [0.1, 0.15) is 0 Å². The highest BCUT2D eigenvalue weighted by molar-refractivity contribution is 5.58. The van der Waals surface area contributed by atoms with Crippen LogP contribution in [0, 0.1) is 6.73 Å². The minimum atomic E-state index is 0.740. The van der Waals surface area contributed by atoms with Crippen LogP contribution in [-0.2, 0) is 4.74 Å². The first kappa shape index (κ1) is 3.81. The third-order valence-electron chi connectivity index (χ3n) is 0.558. The number of hydrogen-bond acceptors (Lipinski definition) is 2. The summed E-state index contributed by atoms with van der Waals surface area (Å²) in [6, 6.07) is 0. The molecule has 0 saturated heterocycles. The van der Waals surface area contributed by atoms with Gasteiger partial charge in [-0.2, -0.15) is 0 Å². The molecule has 2 radical (unpaired) electrons. The summed E-state index contributed by atoms with van der Waals surface area (Å²) in [5, 5.41) is 0. The second-order valence-electron chi connectivity index (χ2n) is 1.04. The largest absolute Gasteiger partial charge is 0.345 e. The van der Waals surface area contributed by atoms with Crippen molar-refractivity contribution in [3.63, 3.8) is 0 Å². The zero-order chi connectivity index (χ0) is 4.24. The van der Waals surface area contributed by atoms with Gasteiger partial charge in [0.05, 0.1) is 6.61 Å². The maximum Gasteiger partial charge on any atom is 0.269 e. The van der Waals surface area contributed by atoms with Crippen molar-refractivity contribution in [1.82, 2.24) is 0 Å². The van der Waals surface area contributed by atoms with E-state index in [0.717, 1.165) is 13.0 Å². The standard InChI is InChI=1S/C4H5NO/c1-2-5-4-6-3-1/h2H,1,3H2. The number of rotatable bonds is 0. The van der Waals surface area contributed by atoms with Crippen LogP contribution in [0.5, 0.6) is 0 Å². The number of aliphatic imine (C=N–C) groups is 1. The van der Waals surface area contributed by atoms with E-state index in [1.165, 1.54) is 0 Å². The van der Waals surface area contributed by atoms with E-state index < -0.39 is 0 Å². The molecule has 0 saturated carbocycles. The lowest BCUT2D eigenvalue weighted by molar-refractivity contribution is 0.201. The van der Waals surface area contributed by atoms with Crippen LogP contribution in [0.1, 0.15) is 6.42 Å². The van der Waals surface area contributed by atoms with Gasteiger partial charge in [-0.05, 0) is 0 Å². The topological polar surface area (TPSA) is 21.6 Å². The molecule has 0 spiro atoms. The fourth-order valence-electron chi connectivity index (χ4n) is 0.296. The summed E-state index contributed by atoms with van der Waals surface area (Å²) >= 11 is 0. The van der Waals surface area contributed by atoms with E-state index in [1.54, 1.807) is 6.21 Å². The highest BCUT2D eigenvalue weighted by Gasteiger charge is 1.89. The predicted octanol–water partition coefficient (Wildman–Crippen LogP) is 0.474. The van der Waals surface area contributed by atoms with Gasteiger partial charge in [-0.1, -0.05) is 0 Å². The Balaban J connectivity index is 2.26. The van der Waals surface area contributed by atoms with Crippen LogP contribution in [0.2, 0.25) is 0 Å². The number of ether oxygens (including phenoxy) is 1. The Morgan fingerprint density at radius 1 is 1.83 bits per heavy atom. The molecule has 0 N–H and O–H groups in total. The van der Waals surface area contributed by atoms with Gasteiger partial charge < -0.3 is 4.74 Å². The molecular formula is C4H5NO. The summed E-state index contributed by atoms with van der Waals surface area (Å²) in [6.45, 7) is 3.09. The highest BCUT2D eigenvalue weighted by Crippen LogP contribution is 1.90. The van der Waals surface area contributed by atoms with Crippen LogP contribution < -0.4 is 0 Å². The van der Waals surface area contributed by atoms with E-state index in [9.17, 15) is 0 Å². The molecule has 0 aromatic heterocycles. The Morgan fingerprint density at radius 3 is 3.00 bits per heavy atom. The predicted molar refractivity (Wildman–Crippen MR) is 22.3 cm³/mol. The lowest BCUT2D eigenvalue weighted by Crippen LogP contribution is -1.96. The molecule has 1 aliphatic heterocycles. The van der Waals surface area contributed by atoms with E-state index in [4.69, 9.17) is 0 Å². The normalized spacial score (nSPS) is 21.3. The van der Waals surface area contributed by atoms with Crippen molar-refractivity contribution in [2.75, 3.05) is 6.61 Å². The minimum Gasteiger partial charge on any atom is -0.345 e. The first-order valence-corrected chi connectivity index (χ1v) is 1.88. The van der Waals surface area contributed by atoms with Crippen molar-refractivity contribution in [2.45, 2.75) is 6.42 Å². The van der Waals surface area contributed by atoms with Gasteiger partial charge in [0.25, 0.3) is 6.73 Å². The van der Waals surface area contributed by atoms with E-state index in [-0.39, 0.29) is 0 Å². The van der Waals surface area contributed by atoms with Gasteiger partial charge >= 0.3 is 0 Å². The second-order valence-corrected chi connectivity index (χ2v) is 1.04. The fraction of sp³-hybridized carbons (Fsp3) is 0.500. The van der Waals surface area contributed by atoms with E-state index in [1.807, 2.05) is 0 Å². The molecule has 1 heterocycles. The summed E-state index contributed by atoms with van der Waals surface area (Å²) in [4.78, 5) is 3.58. The molecule has 2 heteroatoms. The van der Waals surface area contributed by atoms with Crippen molar-refractivity contribution < 1.29 is 4.74 Å². The third kappa shape index (κ3) is 0.792. The van der Waals surface area contributed by atoms with Gasteiger partial charge in [0.15, 0.2) is 0 Å². The van der Waals surface area contributed by atoms with Crippen LogP contribution in [0.25, 0.3) is 0 Å². The van der Waals surface area contributed by atoms with Gasteiger partial charge in [-0.3, -0.25) is 4.99 Å². The number of nitrogens with zero attached hydrogens (tertiary/aromatic N) is 1. The first-order chi connectivity index (χ1) is 3.00. The van der Waals surface area contributed by atoms with Crippen molar-refractivity contribution in [3.8, 4) is 0 Å². The molecule has 0 bridgehead atoms. The SMILES string of the molecule is [C]1N=CCCO1. The molecule has 0 atom stereocenters. The van der Waals surface area contributed by atoms with Gasteiger partial charge in [-0.25, -0.2) is 0 Å². The molecule has 0 amide bonds. The zero-order valence-corrected chi connectivity index (χ0v) is 3.35. The van der Waals surface area contributed by atoms with Crippen LogP contribution in [0.3, 0.4) is 0 Å². The maximum absolute atomic E-state index is 4.62. The molecule has 0 aromatic rings. The summed E-state index contributed by atoms with van der Waals surface area (Å²) < 4.78 is 4.62. The second kappa shape index (κ2) is 1.92. The third-order valence-corrected chi connectivity index (χ3v) is 0.558. The van der Waals surface area contributed by atoms with E-state index >= 15 is 0 Å². The molecule has 2 nitrogen and oxygen atoms in total. The molecule has 0 fully saturated rings. The van der Waals surface area contributed by atoms with Crippen molar-refractivity contribution in [1.29, 1.82) is 0 Å². The Kier molecular flexibility index (Phi) is 1.22. The average molecular weight is 83.1 g/mol. The molecule has 0 aliphatic carbocycles. The molecule has 1 aliphatic rings. The monoisotopic (exact) mass is 83.0 g/mol. The van der Waals surface area contributed by atoms with Gasteiger partial charge in [0, 0.05) is 12.6 Å². The zero-order valence-electron chi connectivity index (χ0n) is 3.35. The first-order valence-electron chi connectivity index (χ1n) is 1.88. The van der Waals surface area contributed by atoms with Crippen LogP contribution in [-0.4, -0.2) is 12.8 Å². The number of hydrogen-bond donors (Lipinski definition) is 0. The summed E-state index contributed by atoms with van der Waals surface area (Å²) in [5.74, 6) is 0. The van der Waals surface area contributed by atoms with Crippen LogP contribution in [0.4, 0.5) is 0 Å². The fourth-order valence-corrected chi connectivity index (χ4v) is 0.296. The van der Waals surface area contributed by atoms with Crippen LogP contribution in [0.15, 0.2) is 4.99 Å². The molecule has 0 aromatic carbocycles. The van der Waals surface area contributed by atoms with E-state index in [0.29, 0.717) is 0 Å². The highest BCUT2D eigenvalue weighted by atomic mass is 16.5. The average Bonchev–Trinajstić information content (AvgIpc) is 1.72. The Hall–Kier alpha value is -0.370. The Morgan fingerprint density at radius 2 is 2.83 bits per heavy atom. The van der Waals surface area contributed by atoms with Crippen LogP contribution >= 0.6 is 0 Å². The minimum absolute atomic E-state index is 0.740. The van der Waals surface area contributed by atoms with Crippen molar-refractivity contribution in [3.05, 3.63) is 6.73 Å². The quantitative estimate of drug-likeness (QED) is 0.417. The molecule has 1 rings (SSSR count). The lowest BCUT2D eigenvalue weighted by atomic mass is 10.5. The van der Waals surface area contributed by atoms with Crippen molar-refractivity contribution in [2.24, 2.45) is 4.99 Å². The smallest absolute Gasteiger partial charge is 0.269 e.